The second-order valence-corrected chi connectivity index (χ2v) is 3.31. The SMILES string of the molecule is CCC(C(=N)C=N)N1CCNCC1. The first-order valence-electron chi connectivity index (χ1n) is 4.83. The van der Waals surface area contributed by atoms with Gasteiger partial charge in [0, 0.05) is 32.4 Å². The highest BCUT2D eigenvalue weighted by Crippen LogP contribution is 2.05. The standard InChI is InChI=1S/C9H18N4/c1-2-9(8(11)7-10)13-5-3-12-4-6-13/h7,9-12H,2-6H2,1H3. The molecule has 0 amide bonds. The predicted octanol–water partition coefficient (Wildman–Crippen LogP) is 0.340. The van der Waals surface area contributed by atoms with Crippen LogP contribution in [-0.2, 0) is 0 Å². The molecule has 1 unspecified atom stereocenters. The zero-order valence-electron chi connectivity index (χ0n) is 8.14. The third kappa shape index (κ3) is 2.60. The highest BCUT2D eigenvalue weighted by molar-refractivity contribution is 6.30. The van der Waals surface area contributed by atoms with Crippen LogP contribution in [0, 0.1) is 10.8 Å². The van der Waals surface area contributed by atoms with Crippen LogP contribution >= 0.6 is 0 Å². The first kappa shape index (κ1) is 10.3. The summed E-state index contributed by atoms with van der Waals surface area (Å²) in [6.07, 6.45) is 2.09. The first-order valence-corrected chi connectivity index (χ1v) is 4.83. The number of hydrogen-bond donors (Lipinski definition) is 3. The summed E-state index contributed by atoms with van der Waals surface area (Å²) in [5, 5.41) is 18.0. The molecule has 74 valence electrons. The maximum atomic E-state index is 7.63. The van der Waals surface area contributed by atoms with E-state index in [0.717, 1.165) is 38.8 Å². The van der Waals surface area contributed by atoms with Crippen molar-refractivity contribution >= 4 is 11.9 Å². The molecule has 0 aromatic heterocycles. The average molecular weight is 182 g/mol. The van der Waals surface area contributed by atoms with Crippen LogP contribution < -0.4 is 5.32 Å². The Kier molecular flexibility index (Phi) is 4.05. The van der Waals surface area contributed by atoms with Crippen molar-refractivity contribution in [2.45, 2.75) is 19.4 Å². The van der Waals surface area contributed by atoms with Crippen molar-refractivity contribution in [3.8, 4) is 0 Å². The summed E-state index contributed by atoms with van der Waals surface area (Å²) < 4.78 is 0. The van der Waals surface area contributed by atoms with E-state index in [0.29, 0.717) is 5.71 Å². The molecule has 0 aromatic rings. The van der Waals surface area contributed by atoms with Gasteiger partial charge < -0.3 is 16.1 Å². The van der Waals surface area contributed by atoms with Gasteiger partial charge in [0.25, 0.3) is 0 Å². The van der Waals surface area contributed by atoms with Gasteiger partial charge in [0.1, 0.15) is 0 Å². The van der Waals surface area contributed by atoms with Crippen molar-refractivity contribution in [1.29, 1.82) is 10.8 Å². The highest BCUT2D eigenvalue weighted by Gasteiger charge is 2.21. The van der Waals surface area contributed by atoms with Gasteiger partial charge in [-0.3, -0.25) is 4.90 Å². The van der Waals surface area contributed by atoms with Crippen molar-refractivity contribution in [1.82, 2.24) is 10.2 Å². The van der Waals surface area contributed by atoms with E-state index in [2.05, 4.69) is 17.1 Å². The Bertz CT molecular complexity index is 184. The summed E-state index contributed by atoms with van der Waals surface area (Å²) in [5.41, 5.74) is 0.435. The minimum atomic E-state index is 0.152. The summed E-state index contributed by atoms with van der Waals surface area (Å²) in [7, 11) is 0. The van der Waals surface area contributed by atoms with Gasteiger partial charge in [-0.05, 0) is 6.42 Å². The monoisotopic (exact) mass is 182 g/mol. The maximum absolute atomic E-state index is 7.63. The van der Waals surface area contributed by atoms with Crippen LogP contribution in [0.4, 0.5) is 0 Å². The van der Waals surface area contributed by atoms with Gasteiger partial charge in [-0.15, -0.1) is 0 Å². The summed E-state index contributed by atoms with van der Waals surface area (Å²) in [6.45, 7) is 6.07. The van der Waals surface area contributed by atoms with Gasteiger partial charge in [-0.1, -0.05) is 6.92 Å². The molecule has 1 atom stereocenters. The molecule has 0 radical (unpaired) electrons. The molecule has 1 fully saturated rings. The number of piperazine rings is 1. The molecule has 4 nitrogen and oxygen atoms in total. The van der Waals surface area contributed by atoms with Crippen LogP contribution in [0.3, 0.4) is 0 Å². The van der Waals surface area contributed by atoms with Crippen LogP contribution in [0.25, 0.3) is 0 Å². The highest BCUT2D eigenvalue weighted by atomic mass is 15.2. The Labute approximate surface area is 79.3 Å². The molecule has 1 heterocycles. The molecule has 0 aliphatic carbocycles. The van der Waals surface area contributed by atoms with E-state index >= 15 is 0 Å². The summed E-state index contributed by atoms with van der Waals surface area (Å²) in [6, 6.07) is 0.152. The number of rotatable bonds is 4. The largest absolute Gasteiger partial charge is 0.314 e. The van der Waals surface area contributed by atoms with Crippen LogP contribution in [0.1, 0.15) is 13.3 Å². The Morgan fingerprint density at radius 2 is 2.15 bits per heavy atom. The van der Waals surface area contributed by atoms with Gasteiger partial charge in [-0.2, -0.15) is 0 Å². The zero-order valence-corrected chi connectivity index (χ0v) is 8.14. The first-order chi connectivity index (χ1) is 6.29. The second-order valence-electron chi connectivity index (χ2n) is 3.31. The molecule has 0 aromatic carbocycles. The summed E-state index contributed by atoms with van der Waals surface area (Å²) >= 11 is 0. The van der Waals surface area contributed by atoms with Crippen molar-refractivity contribution in [2.24, 2.45) is 0 Å². The third-order valence-corrected chi connectivity index (χ3v) is 2.49. The second kappa shape index (κ2) is 5.09. The molecule has 0 saturated carbocycles. The number of nitrogens with one attached hydrogen (secondary N) is 3. The molecule has 0 spiro atoms. The lowest BCUT2D eigenvalue weighted by molar-refractivity contribution is 0.210. The topological polar surface area (TPSA) is 63.0 Å². The zero-order chi connectivity index (χ0) is 9.68. The lowest BCUT2D eigenvalue weighted by Crippen LogP contribution is -2.51. The Morgan fingerprint density at radius 1 is 1.54 bits per heavy atom. The van der Waals surface area contributed by atoms with Crippen molar-refractivity contribution in [3.63, 3.8) is 0 Å². The van der Waals surface area contributed by atoms with E-state index in [1.54, 1.807) is 0 Å². The van der Waals surface area contributed by atoms with E-state index in [-0.39, 0.29) is 6.04 Å². The van der Waals surface area contributed by atoms with Crippen LogP contribution in [0.2, 0.25) is 0 Å². The fourth-order valence-corrected chi connectivity index (χ4v) is 1.76. The van der Waals surface area contributed by atoms with E-state index < -0.39 is 0 Å². The molecular formula is C9H18N4. The number of nitrogens with zero attached hydrogens (tertiary/aromatic N) is 1. The van der Waals surface area contributed by atoms with E-state index in [1.807, 2.05) is 0 Å². The minimum Gasteiger partial charge on any atom is -0.314 e. The third-order valence-electron chi connectivity index (χ3n) is 2.49. The van der Waals surface area contributed by atoms with Gasteiger partial charge in [0.05, 0.1) is 11.8 Å². The minimum absolute atomic E-state index is 0.152. The van der Waals surface area contributed by atoms with Crippen molar-refractivity contribution < 1.29 is 0 Å². The Morgan fingerprint density at radius 3 is 2.62 bits per heavy atom. The van der Waals surface area contributed by atoms with Gasteiger partial charge in [-0.25, -0.2) is 0 Å². The maximum Gasteiger partial charge on any atom is 0.0660 e. The molecule has 1 aliphatic heterocycles. The fraction of sp³-hybridized carbons (Fsp3) is 0.778. The Hall–Kier alpha value is -0.740. The van der Waals surface area contributed by atoms with E-state index in [1.165, 1.54) is 0 Å². The molecule has 1 saturated heterocycles. The van der Waals surface area contributed by atoms with E-state index in [9.17, 15) is 0 Å². The normalized spacial score (nSPS) is 21.0. The van der Waals surface area contributed by atoms with Gasteiger partial charge >= 0.3 is 0 Å². The predicted molar refractivity (Wildman–Crippen MR) is 55.0 cm³/mol. The fourth-order valence-electron chi connectivity index (χ4n) is 1.76. The smallest absolute Gasteiger partial charge is 0.0660 e. The lowest BCUT2D eigenvalue weighted by Gasteiger charge is -2.33. The average Bonchev–Trinajstić information content (AvgIpc) is 2.20. The van der Waals surface area contributed by atoms with Crippen molar-refractivity contribution in [2.75, 3.05) is 26.2 Å². The molecule has 4 heteroatoms. The Balaban J connectivity index is 2.53. The van der Waals surface area contributed by atoms with Crippen LogP contribution in [0.15, 0.2) is 0 Å². The molecule has 0 bridgehead atoms. The van der Waals surface area contributed by atoms with Crippen molar-refractivity contribution in [3.05, 3.63) is 0 Å². The molecule has 13 heavy (non-hydrogen) atoms. The van der Waals surface area contributed by atoms with Gasteiger partial charge in [0.2, 0.25) is 0 Å². The number of hydrogen-bond acceptors (Lipinski definition) is 4. The van der Waals surface area contributed by atoms with Gasteiger partial charge in [0.15, 0.2) is 0 Å². The van der Waals surface area contributed by atoms with Crippen LogP contribution in [-0.4, -0.2) is 49.0 Å². The van der Waals surface area contributed by atoms with E-state index in [4.69, 9.17) is 10.8 Å². The summed E-state index contributed by atoms with van der Waals surface area (Å²) in [5.74, 6) is 0. The molecule has 1 rings (SSSR count). The molecule has 3 N–H and O–H groups in total. The molecule has 1 aliphatic rings. The summed E-state index contributed by atoms with van der Waals surface area (Å²) in [4.78, 5) is 2.28. The lowest BCUT2D eigenvalue weighted by atomic mass is 10.1. The quantitative estimate of drug-likeness (QED) is 0.549. The molecular weight excluding hydrogens is 164 g/mol. The van der Waals surface area contributed by atoms with Crippen LogP contribution in [0.5, 0.6) is 0 Å².